The number of fused-ring (bicyclic) bond motifs is 1. The quantitative estimate of drug-likeness (QED) is 0.652. The first-order valence-corrected chi connectivity index (χ1v) is 7.77. The molecular formula is C17H14BrN3O2. The summed E-state index contributed by atoms with van der Waals surface area (Å²) in [6, 6.07) is 12.6. The first-order valence-electron chi connectivity index (χ1n) is 6.97. The number of aryl methyl sites for hydroxylation is 2. The van der Waals surface area contributed by atoms with Gasteiger partial charge in [-0.1, -0.05) is 18.2 Å². The number of carbonyl (C=O) groups is 1. The SMILES string of the molecule is Cc1cc(Br)c2c(c1)c(N=NC(=O)c1ccccc1)c(O)n2C. The number of aromatic nitrogens is 1. The summed E-state index contributed by atoms with van der Waals surface area (Å²) in [5.41, 5.74) is 2.56. The normalized spacial score (nSPS) is 11.4. The lowest BCUT2D eigenvalue weighted by atomic mass is 10.1. The van der Waals surface area contributed by atoms with Crippen LogP contribution in [0.25, 0.3) is 10.9 Å². The van der Waals surface area contributed by atoms with Crippen LogP contribution in [0.3, 0.4) is 0 Å². The summed E-state index contributed by atoms with van der Waals surface area (Å²) in [5.74, 6) is -0.482. The number of aromatic hydroxyl groups is 1. The number of nitrogens with zero attached hydrogens (tertiary/aromatic N) is 3. The van der Waals surface area contributed by atoms with E-state index >= 15 is 0 Å². The van der Waals surface area contributed by atoms with Crippen molar-refractivity contribution >= 4 is 38.4 Å². The average Bonchev–Trinajstić information content (AvgIpc) is 2.77. The van der Waals surface area contributed by atoms with Crippen molar-refractivity contribution < 1.29 is 9.90 Å². The van der Waals surface area contributed by atoms with Crippen molar-refractivity contribution in [1.82, 2.24) is 4.57 Å². The first-order chi connectivity index (χ1) is 11.0. The zero-order chi connectivity index (χ0) is 16.6. The fourth-order valence-corrected chi connectivity index (χ4v) is 3.31. The Morgan fingerprint density at radius 2 is 1.91 bits per heavy atom. The third-order valence-electron chi connectivity index (χ3n) is 3.59. The van der Waals surface area contributed by atoms with E-state index in [0.29, 0.717) is 5.56 Å². The number of azo groups is 1. The van der Waals surface area contributed by atoms with Crippen LogP contribution in [0.2, 0.25) is 0 Å². The highest BCUT2D eigenvalue weighted by atomic mass is 79.9. The topological polar surface area (TPSA) is 66.9 Å². The Bertz CT molecular complexity index is 930. The zero-order valence-electron chi connectivity index (χ0n) is 12.6. The Morgan fingerprint density at radius 1 is 1.22 bits per heavy atom. The molecule has 3 rings (SSSR count). The van der Waals surface area contributed by atoms with Crippen LogP contribution in [0.4, 0.5) is 5.69 Å². The molecule has 0 aliphatic heterocycles. The predicted molar refractivity (Wildman–Crippen MR) is 92.3 cm³/mol. The van der Waals surface area contributed by atoms with Crippen LogP contribution >= 0.6 is 15.9 Å². The van der Waals surface area contributed by atoms with Crippen LogP contribution in [0.1, 0.15) is 15.9 Å². The lowest BCUT2D eigenvalue weighted by Crippen LogP contribution is -1.91. The van der Waals surface area contributed by atoms with Crippen LogP contribution in [-0.4, -0.2) is 15.6 Å². The van der Waals surface area contributed by atoms with E-state index < -0.39 is 5.91 Å². The Labute approximate surface area is 141 Å². The zero-order valence-corrected chi connectivity index (χ0v) is 14.2. The number of halogens is 1. The van der Waals surface area contributed by atoms with Gasteiger partial charge < -0.3 is 9.67 Å². The minimum atomic E-state index is -0.450. The second-order valence-corrected chi connectivity index (χ2v) is 6.10. The molecule has 0 saturated heterocycles. The highest BCUT2D eigenvalue weighted by Gasteiger charge is 2.17. The summed E-state index contributed by atoms with van der Waals surface area (Å²) in [4.78, 5) is 12.0. The smallest absolute Gasteiger partial charge is 0.295 e. The molecule has 0 bridgehead atoms. The molecule has 0 radical (unpaired) electrons. The highest BCUT2D eigenvalue weighted by Crippen LogP contribution is 2.41. The van der Waals surface area contributed by atoms with Crippen LogP contribution in [0.15, 0.2) is 57.2 Å². The Hall–Kier alpha value is -2.47. The fraction of sp³-hybridized carbons (Fsp3) is 0.118. The van der Waals surface area contributed by atoms with Gasteiger partial charge in [0.2, 0.25) is 5.88 Å². The Kier molecular flexibility index (Phi) is 4.00. The fourth-order valence-electron chi connectivity index (χ4n) is 2.47. The monoisotopic (exact) mass is 371 g/mol. The number of amides is 1. The number of benzene rings is 2. The molecule has 3 aromatic rings. The molecule has 6 heteroatoms. The summed E-state index contributed by atoms with van der Waals surface area (Å²) >= 11 is 3.49. The first kappa shape index (κ1) is 15.4. The molecule has 5 nitrogen and oxygen atoms in total. The number of hydrogen-bond acceptors (Lipinski definition) is 3. The molecule has 0 atom stereocenters. The van der Waals surface area contributed by atoms with Gasteiger partial charge in [0.25, 0.3) is 5.91 Å². The van der Waals surface area contributed by atoms with Gasteiger partial charge in [0.15, 0.2) is 5.69 Å². The van der Waals surface area contributed by atoms with Crippen molar-refractivity contribution in [1.29, 1.82) is 0 Å². The molecule has 1 heterocycles. The van der Waals surface area contributed by atoms with Gasteiger partial charge >= 0.3 is 0 Å². The molecule has 23 heavy (non-hydrogen) atoms. The maximum Gasteiger partial charge on any atom is 0.295 e. The van der Waals surface area contributed by atoms with E-state index in [2.05, 4.69) is 26.2 Å². The van der Waals surface area contributed by atoms with Gasteiger partial charge in [-0.3, -0.25) is 4.79 Å². The van der Waals surface area contributed by atoms with Gasteiger partial charge in [-0.2, -0.15) is 0 Å². The number of rotatable bonds is 2. The lowest BCUT2D eigenvalue weighted by Gasteiger charge is -2.01. The molecule has 1 aromatic heterocycles. The second kappa shape index (κ2) is 5.96. The summed E-state index contributed by atoms with van der Waals surface area (Å²) in [6.45, 7) is 1.95. The Balaban J connectivity index is 2.09. The van der Waals surface area contributed by atoms with Gasteiger partial charge in [-0.25, -0.2) is 0 Å². The van der Waals surface area contributed by atoms with Crippen molar-refractivity contribution in [3.63, 3.8) is 0 Å². The largest absolute Gasteiger partial charge is 0.493 e. The van der Waals surface area contributed by atoms with E-state index in [9.17, 15) is 9.90 Å². The van der Waals surface area contributed by atoms with E-state index in [-0.39, 0.29) is 11.6 Å². The molecule has 0 unspecified atom stereocenters. The van der Waals surface area contributed by atoms with Gasteiger partial charge in [-0.05, 0) is 52.7 Å². The van der Waals surface area contributed by atoms with E-state index in [4.69, 9.17) is 0 Å². The van der Waals surface area contributed by atoms with Crippen molar-refractivity contribution in [2.75, 3.05) is 0 Å². The van der Waals surface area contributed by atoms with Gasteiger partial charge in [0.05, 0.1) is 5.52 Å². The van der Waals surface area contributed by atoms with Gasteiger partial charge in [0.1, 0.15) is 0 Å². The second-order valence-electron chi connectivity index (χ2n) is 5.25. The van der Waals surface area contributed by atoms with E-state index in [0.717, 1.165) is 20.9 Å². The predicted octanol–water partition coefficient (Wildman–Crippen LogP) is 4.88. The van der Waals surface area contributed by atoms with Gasteiger partial charge in [0, 0.05) is 22.5 Å². The maximum absolute atomic E-state index is 12.0. The summed E-state index contributed by atoms with van der Waals surface area (Å²) in [6.07, 6.45) is 0. The third kappa shape index (κ3) is 2.77. The molecule has 1 N–H and O–H groups in total. The van der Waals surface area contributed by atoms with Crippen LogP contribution in [0, 0.1) is 6.92 Å². The number of hydrogen-bond donors (Lipinski definition) is 1. The summed E-state index contributed by atoms with van der Waals surface area (Å²) in [7, 11) is 1.73. The molecule has 1 amide bonds. The molecule has 0 aliphatic rings. The van der Waals surface area contributed by atoms with Gasteiger partial charge in [-0.15, -0.1) is 10.2 Å². The van der Waals surface area contributed by atoms with E-state index in [1.54, 1.807) is 35.9 Å². The molecule has 2 aromatic carbocycles. The molecule has 0 saturated carbocycles. The van der Waals surface area contributed by atoms with Crippen molar-refractivity contribution in [2.24, 2.45) is 17.3 Å². The van der Waals surface area contributed by atoms with Crippen LogP contribution in [-0.2, 0) is 7.05 Å². The minimum Gasteiger partial charge on any atom is -0.493 e. The molecular weight excluding hydrogens is 358 g/mol. The van der Waals surface area contributed by atoms with Crippen molar-refractivity contribution in [2.45, 2.75) is 6.92 Å². The summed E-state index contributed by atoms with van der Waals surface area (Å²) in [5, 5.41) is 18.8. The average molecular weight is 372 g/mol. The van der Waals surface area contributed by atoms with Crippen molar-refractivity contribution in [3.8, 4) is 5.88 Å². The molecule has 0 spiro atoms. The molecule has 0 aliphatic carbocycles. The van der Waals surface area contributed by atoms with Crippen molar-refractivity contribution in [3.05, 3.63) is 58.1 Å². The minimum absolute atomic E-state index is 0.0316. The number of carbonyl (C=O) groups excluding carboxylic acids is 1. The van der Waals surface area contributed by atoms with E-state index in [1.165, 1.54) is 0 Å². The Morgan fingerprint density at radius 3 is 2.61 bits per heavy atom. The third-order valence-corrected chi connectivity index (χ3v) is 4.19. The highest BCUT2D eigenvalue weighted by molar-refractivity contribution is 9.10. The maximum atomic E-state index is 12.0. The van der Waals surface area contributed by atoms with Crippen LogP contribution < -0.4 is 0 Å². The molecule has 0 fully saturated rings. The van der Waals surface area contributed by atoms with Crippen LogP contribution in [0.5, 0.6) is 5.88 Å². The summed E-state index contributed by atoms with van der Waals surface area (Å²) < 4.78 is 2.46. The molecule has 116 valence electrons. The standard InChI is InChI=1S/C17H14BrN3O2/c1-10-8-12-14(17(23)21(2)15(12)13(18)9-10)19-20-16(22)11-6-4-3-5-7-11/h3-9,23H,1-2H3. The lowest BCUT2D eigenvalue weighted by molar-refractivity contribution is 0.0995. The van der Waals surface area contributed by atoms with E-state index in [1.807, 2.05) is 25.1 Å².